The summed E-state index contributed by atoms with van der Waals surface area (Å²) in [7, 11) is 0. The number of hydrogen-bond acceptors (Lipinski definition) is 3. The number of hydrogen-bond donors (Lipinski definition) is 0. The molecule has 0 aliphatic carbocycles. The summed E-state index contributed by atoms with van der Waals surface area (Å²) in [6, 6.07) is 1.87. The minimum absolute atomic E-state index is 0.104. The van der Waals surface area contributed by atoms with E-state index < -0.39 is 0 Å². The van der Waals surface area contributed by atoms with E-state index in [1.165, 1.54) is 0 Å². The second-order valence-corrected chi connectivity index (χ2v) is 3.94. The number of halogens is 1. The Morgan fingerprint density at radius 3 is 3.23 bits per heavy atom. The topological polar surface area (TPSA) is 39.2 Å². The molecule has 0 amide bonds. The third-order valence-electron chi connectivity index (χ3n) is 2.00. The van der Waals surface area contributed by atoms with E-state index in [9.17, 15) is 4.79 Å². The first-order chi connectivity index (χ1) is 6.16. The van der Waals surface area contributed by atoms with Crippen LogP contribution in [0.3, 0.4) is 0 Å². The van der Waals surface area contributed by atoms with Crippen LogP contribution < -0.4 is 4.74 Å². The summed E-state index contributed by atoms with van der Waals surface area (Å²) in [4.78, 5) is 15.4. The van der Waals surface area contributed by atoms with E-state index in [2.05, 4.69) is 20.9 Å². The van der Waals surface area contributed by atoms with Crippen LogP contribution in [0.5, 0.6) is 5.88 Å². The van der Waals surface area contributed by atoms with Crippen LogP contribution in [0.25, 0.3) is 0 Å². The molecule has 0 saturated carbocycles. The van der Waals surface area contributed by atoms with Gasteiger partial charge in [0.2, 0.25) is 5.88 Å². The third-order valence-corrected chi connectivity index (χ3v) is 2.43. The summed E-state index contributed by atoms with van der Waals surface area (Å²) in [5.74, 6) is 0.683. The molecule has 4 heteroatoms. The van der Waals surface area contributed by atoms with Crippen LogP contribution in [0.2, 0.25) is 0 Å². The Hall–Kier alpha value is -0.900. The van der Waals surface area contributed by atoms with Crippen molar-refractivity contribution in [1.29, 1.82) is 0 Å². The van der Waals surface area contributed by atoms with Gasteiger partial charge in [0.1, 0.15) is 0 Å². The fourth-order valence-electron chi connectivity index (χ4n) is 1.27. The van der Waals surface area contributed by atoms with Crippen molar-refractivity contribution in [2.24, 2.45) is 0 Å². The van der Waals surface area contributed by atoms with Crippen molar-refractivity contribution in [3.63, 3.8) is 0 Å². The zero-order valence-corrected chi connectivity index (χ0v) is 8.67. The highest BCUT2D eigenvalue weighted by atomic mass is 79.9. The van der Waals surface area contributed by atoms with Crippen molar-refractivity contribution in [2.45, 2.75) is 19.4 Å². The Bertz CT molecular complexity index is 365. The van der Waals surface area contributed by atoms with Crippen molar-refractivity contribution >= 4 is 21.7 Å². The van der Waals surface area contributed by atoms with Gasteiger partial charge < -0.3 is 4.74 Å². The van der Waals surface area contributed by atoms with Crippen molar-refractivity contribution in [2.75, 3.05) is 0 Å². The molecule has 0 radical (unpaired) electrons. The van der Waals surface area contributed by atoms with Crippen LogP contribution in [-0.4, -0.2) is 16.9 Å². The molecule has 2 rings (SSSR count). The Kier molecular flexibility index (Phi) is 2.07. The number of Topliss-reactive ketones (excluding diaryl/α,β-unsaturated/α-hetero) is 1. The zero-order chi connectivity index (χ0) is 9.42. The fourth-order valence-corrected chi connectivity index (χ4v) is 1.64. The van der Waals surface area contributed by atoms with Gasteiger partial charge in [-0.05, 0) is 28.9 Å². The molecule has 0 fully saturated rings. The lowest BCUT2D eigenvalue weighted by Crippen LogP contribution is -2.30. The maximum absolute atomic E-state index is 11.3. The second-order valence-electron chi connectivity index (χ2n) is 3.02. The van der Waals surface area contributed by atoms with Crippen LogP contribution >= 0.6 is 15.9 Å². The summed E-state index contributed by atoms with van der Waals surface area (Å²) in [5.41, 5.74) is 0.859. The first kappa shape index (κ1) is 8.69. The van der Waals surface area contributed by atoms with Crippen LogP contribution in [0.4, 0.5) is 0 Å². The highest BCUT2D eigenvalue weighted by Gasteiger charge is 2.24. The number of fused-ring (bicyclic) bond motifs is 1. The van der Waals surface area contributed by atoms with Crippen LogP contribution in [-0.2, 0) is 11.2 Å². The third kappa shape index (κ3) is 1.58. The predicted octanol–water partition coefficient (Wildman–Crippen LogP) is 1.74. The minimum atomic E-state index is -0.360. The van der Waals surface area contributed by atoms with E-state index in [4.69, 9.17) is 4.74 Å². The highest BCUT2D eigenvalue weighted by Crippen LogP contribution is 2.25. The number of carbonyl (C=O) groups excluding carboxylic acids is 1. The van der Waals surface area contributed by atoms with Gasteiger partial charge in [-0.25, -0.2) is 4.98 Å². The smallest absolute Gasteiger partial charge is 0.217 e. The lowest BCUT2D eigenvalue weighted by Gasteiger charge is -2.20. The molecule has 0 aromatic carbocycles. The molecule has 3 nitrogen and oxygen atoms in total. The Labute approximate surface area is 84.2 Å². The molecular weight excluding hydrogens is 234 g/mol. The van der Waals surface area contributed by atoms with E-state index in [0.29, 0.717) is 12.3 Å². The van der Waals surface area contributed by atoms with Gasteiger partial charge in [-0.1, -0.05) is 0 Å². The standard InChI is InChI=1S/C9H8BrNO2/c1-5-8(12)3-6-2-7(10)4-11-9(6)13-5/h2,4-5H,3H2,1H3/t5-/m1/s1. The first-order valence-corrected chi connectivity index (χ1v) is 4.80. The van der Waals surface area contributed by atoms with Crippen LogP contribution in [0.15, 0.2) is 16.7 Å². The largest absolute Gasteiger partial charge is 0.466 e. The maximum Gasteiger partial charge on any atom is 0.217 e. The second kappa shape index (κ2) is 3.10. The molecule has 0 N–H and O–H groups in total. The maximum atomic E-state index is 11.3. The Morgan fingerprint density at radius 1 is 1.69 bits per heavy atom. The summed E-state index contributed by atoms with van der Waals surface area (Å²) < 4.78 is 6.19. The molecule has 0 spiro atoms. The van der Waals surface area contributed by atoms with Crippen molar-refractivity contribution in [3.8, 4) is 5.88 Å². The van der Waals surface area contributed by atoms with Crippen molar-refractivity contribution in [3.05, 3.63) is 22.3 Å². The lowest BCUT2D eigenvalue weighted by molar-refractivity contribution is -0.125. The van der Waals surface area contributed by atoms with Gasteiger partial charge in [-0.2, -0.15) is 0 Å². The van der Waals surface area contributed by atoms with Crippen LogP contribution in [0.1, 0.15) is 12.5 Å². The van der Waals surface area contributed by atoms with Crippen LogP contribution in [0, 0.1) is 0 Å². The van der Waals surface area contributed by atoms with E-state index >= 15 is 0 Å². The Morgan fingerprint density at radius 2 is 2.46 bits per heavy atom. The quantitative estimate of drug-likeness (QED) is 0.695. The summed E-state index contributed by atoms with van der Waals surface area (Å²) in [6.07, 6.45) is 1.73. The van der Waals surface area contributed by atoms with E-state index in [1.807, 2.05) is 6.07 Å². The lowest BCUT2D eigenvalue weighted by atomic mass is 10.0. The molecule has 1 aromatic heterocycles. The molecule has 2 heterocycles. The molecular formula is C9H8BrNO2. The highest BCUT2D eigenvalue weighted by molar-refractivity contribution is 9.10. The zero-order valence-electron chi connectivity index (χ0n) is 7.08. The van der Waals surface area contributed by atoms with Gasteiger partial charge in [-0.3, -0.25) is 4.79 Å². The fraction of sp³-hybridized carbons (Fsp3) is 0.333. The molecule has 1 aliphatic rings. The van der Waals surface area contributed by atoms with Crippen molar-refractivity contribution in [1.82, 2.24) is 4.98 Å². The monoisotopic (exact) mass is 241 g/mol. The minimum Gasteiger partial charge on any atom is -0.466 e. The summed E-state index contributed by atoms with van der Waals surface area (Å²) in [5, 5.41) is 0. The van der Waals surface area contributed by atoms with Gasteiger partial charge in [0.25, 0.3) is 0 Å². The van der Waals surface area contributed by atoms with Gasteiger partial charge in [0.05, 0.1) is 0 Å². The molecule has 13 heavy (non-hydrogen) atoms. The molecule has 1 aliphatic heterocycles. The average molecular weight is 242 g/mol. The summed E-state index contributed by atoms with van der Waals surface area (Å²) >= 11 is 3.30. The van der Waals surface area contributed by atoms with Gasteiger partial charge in [0, 0.05) is 22.7 Å². The van der Waals surface area contributed by atoms with Gasteiger partial charge in [-0.15, -0.1) is 0 Å². The van der Waals surface area contributed by atoms with E-state index in [0.717, 1.165) is 10.0 Å². The molecule has 1 aromatic rings. The Balaban J connectivity index is 2.42. The van der Waals surface area contributed by atoms with E-state index in [-0.39, 0.29) is 11.9 Å². The van der Waals surface area contributed by atoms with Gasteiger partial charge >= 0.3 is 0 Å². The number of ether oxygens (including phenoxy) is 1. The number of carbonyl (C=O) groups is 1. The molecule has 0 unspecified atom stereocenters. The normalized spacial score (nSPS) is 20.8. The number of pyridine rings is 1. The number of ketones is 1. The molecule has 1 atom stereocenters. The molecule has 0 bridgehead atoms. The number of nitrogens with zero attached hydrogens (tertiary/aromatic N) is 1. The van der Waals surface area contributed by atoms with Gasteiger partial charge in [0.15, 0.2) is 11.9 Å². The average Bonchev–Trinajstić information content (AvgIpc) is 2.08. The summed E-state index contributed by atoms with van der Waals surface area (Å²) in [6.45, 7) is 1.75. The SMILES string of the molecule is C[C@H]1Oc2ncc(Br)cc2CC1=O. The van der Waals surface area contributed by atoms with Crippen molar-refractivity contribution < 1.29 is 9.53 Å². The molecule has 68 valence electrons. The molecule has 0 saturated heterocycles. The predicted molar refractivity (Wildman–Crippen MR) is 50.7 cm³/mol. The number of aromatic nitrogens is 1. The first-order valence-electron chi connectivity index (χ1n) is 4.00. The van der Waals surface area contributed by atoms with E-state index in [1.54, 1.807) is 13.1 Å². The number of rotatable bonds is 0.